The molecule has 1 heterocycles. The van der Waals surface area contributed by atoms with Gasteiger partial charge in [0.15, 0.2) is 0 Å². The number of rotatable bonds is 1. The number of halogens is 1. The molecule has 1 unspecified atom stereocenters. The molecule has 0 aromatic rings. The Bertz CT molecular complexity index is 207. The van der Waals surface area contributed by atoms with Gasteiger partial charge in [-0.1, -0.05) is 6.92 Å². The summed E-state index contributed by atoms with van der Waals surface area (Å²) in [6.07, 6.45) is 1.57. The average Bonchev–Trinajstić information content (AvgIpc) is 2.03. The van der Waals surface area contributed by atoms with Gasteiger partial charge in [0.2, 0.25) is 5.91 Å². The Morgan fingerprint density at radius 2 is 2.31 bits per heavy atom. The highest BCUT2D eigenvalue weighted by atomic mass is 19.1. The number of piperidine rings is 1. The lowest BCUT2D eigenvalue weighted by Gasteiger charge is -2.42. The van der Waals surface area contributed by atoms with Crippen LogP contribution in [0.25, 0.3) is 0 Å². The summed E-state index contributed by atoms with van der Waals surface area (Å²) in [5, 5.41) is 0. The molecule has 2 atom stereocenters. The summed E-state index contributed by atoms with van der Waals surface area (Å²) in [6.45, 7) is 5.96. The van der Waals surface area contributed by atoms with E-state index >= 15 is 0 Å². The predicted molar refractivity (Wildman–Crippen MR) is 50.2 cm³/mol. The molecule has 13 heavy (non-hydrogen) atoms. The van der Waals surface area contributed by atoms with E-state index < -0.39 is 0 Å². The van der Waals surface area contributed by atoms with E-state index in [1.807, 2.05) is 18.7 Å². The summed E-state index contributed by atoms with van der Waals surface area (Å²) in [5.74, 6) is 0.105. The fourth-order valence-electron chi connectivity index (χ4n) is 2.13. The van der Waals surface area contributed by atoms with E-state index in [1.165, 1.54) is 0 Å². The zero-order valence-corrected chi connectivity index (χ0v) is 8.64. The fraction of sp³-hybridized carbons (Fsp3) is 0.900. The molecular formula is C10H18FNO. The standard InChI is InChI=1S/C10H18FNO/c1-8-6-10(3,7-11)4-5-12(8)9(2)13/h8H,4-7H2,1-3H3/t8?,10-/m0/s1. The van der Waals surface area contributed by atoms with Crippen LogP contribution in [0.4, 0.5) is 4.39 Å². The Hall–Kier alpha value is -0.600. The van der Waals surface area contributed by atoms with Gasteiger partial charge in [-0.25, -0.2) is 0 Å². The first kappa shape index (κ1) is 10.5. The van der Waals surface area contributed by atoms with Crippen molar-refractivity contribution < 1.29 is 9.18 Å². The largest absolute Gasteiger partial charge is 0.340 e. The molecule has 0 N–H and O–H groups in total. The normalized spacial score (nSPS) is 34.8. The fourth-order valence-corrected chi connectivity index (χ4v) is 2.13. The summed E-state index contributed by atoms with van der Waals surface area (Å²) < 4.78 is 12.7. The highest BCUT2D eigenvalue weighted by Gasteiger charge is 2.35. The Morgan fingerprint density at radius 3 is 2.69 bits per heavy atom. The number of hydrogen-bond donors (Lipinski definition) is 0. The van der Waals surface area contributed by atoms with Crippen molar-refractivity contribution in [2.45, 2.75) is 39.7 Å². The van der Waals surface area contributed by atoms with Gasteiger partial charge in [0.25, 0.3) is 0 Å². The number of nitrogens with zero attached hydrogens (tertiary/aromatic N) is 1. The van der Waals surface area contributed by atoms with Crippen LogP contribution in [0, 0.1) is 5.41 Å². The number of hydrogen-bond acceptors (Lipinski definition) is 1. The summed E-state index contributed by atoms with van der Waals surface area (Å²) >= 11 is 0. The van der Waals surface area contributed by atoms with Crippen LogP contribution in [-0.2, 0) is 4.79 Å². The molecular weight excluding hydrogens is 169 g/mol. The van der Waals surface area contributed by atoms with Gasteiger partial charge in [0.05, 0.1) is 6.67 Å². The van der Waals surface area contributed by atoms with Crippen LogP contribution in [0.1, 0.15) is 33.6 Å². The SMILES string of the molecule is CC(=O)N1CC[C@](C)(CF)CC1C. The second-order valence-corrected chi connectivity index (χ2v) is 4.46. The third kappa shape index (κ3) is 2.20. The maximum atomic E-state index is 12.7. The average molecular weight is 187 g/mol. The van der Waals surface area contributed by atoms with Crippen LogP contribution >= 0.6 is 0 Å². The van der Waals surface area contributed by atoms with Gasteiger partial charge in [-0.2, -0.15) is 0 Å². The summed E-state index contributed by atoms with van der Waals surface area (Å²) in [4.78, 5) is 13.0. The zero-order chi connectivity index (χ0) is 10.1. The molecule has 0 radical (unpaired) electrons. The third-order valence-electron chi connectivity index (χ3n) is 3.00. The van der Waals surface area contributed by atoms with Crippen molar-refractivity contribution in [3.63, 3.8) is 0 Å². The van der Waals surface area contributed by atoms with Crippen molar-refractivity contribution in [2.75, 3.05) is 13.2 Å². The molecule has 0 spiro atoms. The molecule has 1 aliphatic heterocycles. The van der Waals surface area contributed by atoms with Crippen LogP contribution in [0.2, 0.25) is 0 Å². The molecule has 1 fully saturated rings. The van der Waals surface area contributed by atoms with Crippen LogP contribution in [0.5, 0.6) is 0 Å². The molecule has 76 valence electrons. The highest BCUT2D eigenvalue weighted by molar-refractivity contribution is 5.73. The van der Waals surface area contributed by atoms with Crippen molar-refractivity contribution >= 4 is 5.91 Å². The molecule has 0 aliphatic carbocycles. The minimum Gasteiger partial charge on any atom is -0.340 e. The molecule has 2 nitrogen and oxygen atoms in total. The van der Waals surface area contributed by atoms with Crippen LogP contribution in [-0.4, -0.2) is 30.1 Å². The molecule has 3 heteroatoms. The molecule has 1 rings (SSSR count). The molecule has 0 aromatic heterocycles. The van der Waals surface area contributed by atoms with Gasteiger partial charge in [-0.05, 0) is 25.2 Å². The van der Waals surface area contributed by atoms with Crippen molar-refractivity contribution in [3.8, 4) is 0 Å². The number of carbonyl (C=O) groups is 1. The predicted octanol–water partition coefficient (Wildman–Crippen LogP) is 1.99. The Balaban J connectivity index is 2.61. The van der Waals surface area contributed by atoms with Gasteiger partial charge >= 0.3 is 0 Å². The lowest BCUT2D eigenvalue weighted by atomic mass is 9.78. The van der Waals surface area contributed by atoms with E-state index in [1.54, 1.807) is 6.92 Å². The summed E-state index contributed by atoms with van der Waals surface area (Å²) in [7, 11) is 0. The number of alkyl halides is 1. The first-order valence-corrected chi connectivity index (χ1v) is 4.82. The van der Waals surface area contributed by atoms with E-state index in [9.17, 15) is 9.18 Å². The topological polar surface area (TPSA) is 20.3 Å². The molecule has 0 aromatic carbocycles. The number of amides is 1. The van der Waals surface area contributed by atoms with Crippen LogP contribution in [0.15, 0.2) is 0 Å². The van der Waals surface area contributed by atoms with Crippen molar-refractivity contribution in [1.82, 2.24) is 4.90 Å². The van der Waals surface area contributed by atoms with E-state index in [2.05, 4.69) is 0 Å². The zero-order valence-electron chi connectivity index (χ0n) is 8.64. The second kappa shape index (κ2) is 3.64. The summed E-state index contributed by atoms with van der Waals surface area (Å²) in [5.41, 5.74) is -0.203. The smallest absolute Gasteiger partial charge is 0.219 e. The van der Waals surface area contributed by atoms with Gasteiger partial charge in [0, 0.05) is 19.5 Å². The lowest BCUT2D eigenvalue weighted by Crippen LogP contribution is -2.47. The second-order valence-electron chi connectivity index (χ2n) is 4.46. The van der Waals surface area contributed by atoms with E-state index in [-0.39, 0.29) is 24.0 Å². The first-order valence-electron chi connectivity index (χ1n) is 4.82. The van der Waals surface area contributed by atoms with Crippen LogP contribution < -0.4 is 0 Å². The van der Waals surface area contributed by atoms with Gasteiger partial charge in [-0.3, -0.25) is 9.18 Å². The first-order chi connectivity index (χ1) is 5.98. The van der Waals surface area contributed by atoms with Gasteiger partial charge in [-0.15, -0.1) is 0 Å². The quantitative estimate of drug-likeness (QED) is 0.614. The number of carbonyl (C=O) groups excluding carboxylic acids is 1. The van der Waals surface area contributed by atoms with E-state index in [4.69, 9.17) is 0 Å². The van der Waals surface area contributed by atoms with Crippen molar-refractivity contribution in [3.05, 3.63) is 0 Å². The number of likely N-dealkylation sites (tertiary alicyclic amines) is 1. The molecule has 1 amide bonds. The monoisotopic (exact) mass is 187 g/mol. The minimum atomic E-state index is -0.275. The van der Waals surface area contributed by atoms with E-state index in [0.29, 0.717) is 6.54 Å². The van der Waals surface area contributed by atoms with Crippen molar-refractivity contribution in [1.29, 1.82) is 0 Å². The van der Waals surface area contributed by atoms with Crippen LogP contribution in [0.3, 0.4) is 0 Å². The van der Waals surface area contributed by atoms with Crippen molar-refractivity contribution in [2.24, 2.45) is 5.41 Å². The minimum absolute atomic E-state index is 0.105. The highest BCUT2D eigenvalue weighted by Crippen LogP contribution is 2.34. The van der Waals surface area contributed by atoms with Gasteiger partial charge < -0.3 is 4.90 Å². The molecule has 1 saturated heterocycles. The Kier molecular flexibility index (Phi) is 2.94. The lowest BCUT2D eigenvalue weighted by molar-refractivity contribution is -0.134. The maximum Gasteiger partial charge on any atom is 0.219 e. The third-order valence-corrected chi connectivity index (χ3v) is 3.00. The summed E-state index contributed by atoms with van der Waals surface area (Å²) in [6, 6.07) is 0.187. The van der Waals surface area contributed by atoms with Gasteiger partial charge in [0.1, 0.15) is 0 Å². The van der Waals surface area contributed by atoms with E-state index in [0.717, 1.165) is 12.8 Å². The Morgan fingerprint density at radius 1 is 1.69 bits per heavy atom. The Labute approximate surface area is 79.1 Å². The molecule has 0 bridgehead atoms. The maximum absolute atomic E-state index is 12.7. The molecule has 1 aliphatic rings. The molecule has 0 saturated carbocycles.